The molecule has 11 heavy (non-hydrogen) atoms. The minimum absolute atomic E-state index is 0. The van der Waals surface area contributed by atoms with Crippen LogP contribution in [-0.2, 0) is 9.53 Å². The molecule has 0 amide bonds. The summed E-state index contributed by atoms with van der Waals surface area (Å²) in [6.07, 6.45) is 0. The van der Waals surface area contributed by atoms with Crippen LogP contribution in [0.3, 0.4) is 0 Å². The van der Waals surface area contributed by atoms with Crippen molar-refractivity contribution in [2.24, 2.45) is 5.73 Å². The summed E-state index contributed by atoms with van der Waals surface area (Å²) in [4.78, 5) is 10.7. The van der Waals surface area contributed by atoms with E-state index in [1.54, 1.807) is 6.92 Å². The molecular weight excluding hydrogens is 188 g/mol. The van der Waals surface area contributed by atoms with Crippen LogP contribution in [0.4, 0.5) is 0 Å². The van der Waals surface area contributed by atoms with E-state index in [2.05, 4.69) is 4.74 Å². The molecule has 0 aliphatic rings. The van der Waals surface area contributed by atoms with Crippen molar-refractivity contribution in [1.82, 2.24) is 0 Å². The number of amidine groups is 1. The minimum Gasteiger partial charge on any atom is -1.00 e. The van der Waals surface area contributed by atoms with Crippen molar-refractivity contribution in [1.29, 1.82) is 0 Å². The highest BCUT2D eigenvalue weighted by Gasteiger charge is 2.16. The SMILES string of the molecule is COC(=O)C(C)SC(N)=[NH2+].[Cl-]. The van der Waals surface area contributed by atoms with Gasteiger partial charge in [0, 0.05) is 0 Å². The monoisotopic (exact) mass is 198 g/mol. The lowest BCUT2D eigenvalue weighted by Gasteiger charge is -2.03. The quantitative estimate of drug-likeness (QED) is 0.266. The number of nitrogens with two attached hydrogens (primary N) is 2. The van der Waals surface area contributed by atoms with E-state index >= 15 is 0 Å². The topological polar surface area (TPSA) is 77.9 Å². The van der Waals surface area contributed by atoms with Crippen LogP contribution in [0.5, 0.6) is 0 Å². The number of methoxy groups -OCH3 is 1. The zero-order chi connectivity index (χ0) is 8.15. The summed E-state index contributed by atoms with van der Waals surface area (Å²) in [5.74, 6) is -0.321. The van der Waals surface area contributed by atoms with Gasteiger partial charge in [0.2, 0.25) is 0 Å². The van der Waals surface area contributed by atoms with E-state index in [4.69, 9.17) is 11.1 Å². The molecule has 4 N–H and O–H groups in total. The molecule has 1 atom stereocenters. The smallest absolute Gasteiger partial charge is 0.319 e. The highest BCUT2D eigenvalue weighted by atomic mass is 35.5. The van der Waals surface area contributed by atoms with Gasteiger partial charge in [0.15, 0.2) is 0 Å². The van der Waals surface area contributed by atoms with E-state index in [9.17, 15) is 4.79 Å². The second kappa shape index (κ2) is 6.30. The van der Waals surface area contributed by atoms with Crippen molar-refractivity contribution in [3.05, 3.63) is 0 Å². The molecule has 0 aliphatic heterocycles. The molecule has 0 spiro atoms. The molecule has 0 saturated carbocycles. The number of hydrogen-bond acceptors (Lipinski definition) is 3. The van der Waals surface area contributed by atoms with E-state index in [0.29, 0.717) is 0 Å². The minimum atomic E-state index is -0.324. The molecule has 0 bridgehead atoms. The Balaban J connectivity index is 0. The van der Waals surface area contributed by atoms with Crippen LogP contribution in [-0.4, -0.2) is 23.5 Å². The third-order valence-corrected chi connectivity index (χ3v) is 1.66. The molecule has 0 radical (unpaired) electrons. The summed E-state index contributed by atoms with van der Waals surface area (Å²) in [6.45, 7) is 1.68. The summed E-state index contributed by atoms with van der Waals surface area (Å²) < 4.78 is 4.43. The van der Waals surface area contributed by atoms with Crippen molar-refractivity contribution < 1.29 is 27.3 Å². The number of rotatable bonds is 2. The Morgan fingerprint density at radius 2 is 2.18 bits per heavy atom. The van der Waals surface area contributed by atoms with Gasteiger partial charge in [0.05, 0.1) is 7.11 Å². The average Bonchev–Trinajstić information content (AvgIpc) is 1.85. The number of hydrogen-bond donors (Lipinski definition) is 2. The maximum atomic E-state index is 10.7. The zero-order valence-electron chi connectivity index (χ0n) is 6.33. The van der Waals surface area contributed by atoms with Crippen LogP contribution < -0.4 is 23.5 Å². The van der Waals surface area contributed by atoms with Crippen LogP contribution >= 0.6 is 11.8 Å². The second-order valence-electron chi connectivity index (χ2n) is 1.69. The standard InChI is InChI=1S/C5H10N2O2S.ClH/c1-3(4(8)9-2)10-5(6)7;/h3H,1-2H3,(H3,6,7);1H. The van der Waals surface area contributed by atoms with Crippen molar-refractivity contribution in [2.45, 2.75) is 12.2 Å². The molecule has 1 unspecified atom stereocenters. The highest BCUT2D eigenvalue weighted by molar-refractivity contribution is 8.14. The number of carbonyl (C=O) groups excluding carboxylic acids is 1. The van der Waals surface area contributed by atoms with Gasteiger partial charge < -0.3 is 17.1 Å². The van der Waals surface area contributed by atoms with Crippen molar-refractivity contribution in [2.75, 3.05) is 7.11 Å². The fourth-order valence-corrected chi connectivity index (χ4v) is 1.02. The summed E-state index contributed by atoms with van der Waals surface area (Å²) in [7, 11) is 1.33. The van der Waals surface area contributed by atoms with E-state index in [0.717, 1.165) is 11.8 Å². The molecule has 0 fully saturated rings. The molecule has 0 aliphatic carbocycles. The van der Waals surface area contributed by atoms with Crippen molar-refractivity contribution >= 4 is 22.9 Å². The Morgan fingerprint density at radius 3 is 2.45 bits per heavy atom. The first-order valence-electron chi connectivity index (χ1n) is 2.70. The largest absolute Gasteiger partial charge is 1.00 e. The van der Waals surface area contributed by atoms with Crippen LogP contribution in [0, 0.1) is 0 Å². The summed E-state index contributed by atoms with van der Waals surface area (Å²) in [5, 5.41) is 4.99. The van der Waals surface area contributed by atoms with Gasteiger partial charge in [0.1, 0.15) is 5.25 Å². The molecule has 0 heterocycles. The van der Waals surface area contributed by atoms with Crippen LogP contribution in [0.1, 0.15) is 6.92 Å². The van der Waals surface area contributed by atoms with E-state index in [-0.39, 0.29) is 28.8 Å². The molecule has 4 nitrogen and oxygen atoms in total. The fourth-order valence-electron chi connectivity index (χ4n) is 0.418. The number of ether oxygens (including phenoxy) is 1. The lowest BCUT2D eigenvalue weighted by atomic mass is 10.5. The Morgan fingerprint density at radius 1 is 1.73 bits per heavy atom. The Kier molecular flexibility index (Phi) is 7.55. The first-order valence-corrected chi connectivity index (χ1v) is 3.58. The predicted octanol–water partition coefficient (Wildman–Crippen LogP) is -4.64. The van der Waals surface area contributed by atoms with Gasteiger partial charge in [-0.1, -0.05) is 0 Å². The van der Waals surface area contributed by atoms with Gasteiger partial charge in [-0.15, -0.1) is 0 Å². The van der Waals surface area contributed by atoms with Crippen LogP contribution in [0.15, 0.2) is 0 Å². The van der Waals surface area contributed by atoms with E-state index in [1.165, 1.54) is 7.11 Å². The molecule has 0 saturated heterocycles. The molecule has 0 aromatic carbocycles. The van der Waals surface area contributed by atoms with Gasteiger partial charge in [-0.2, -0.15) is 0 Å². The lowest BCUT2D eigenvalue weighted by molar-refractivity contribution is -0.139. The average molecular weight is 199 g/mol. The summed E-state index contributed by atoms with van der Waals surface area (Å²) in [6, 6.07) is 0. The first-order chi connectivity index (χ1) is 4.57. The van der Waals surface area contributed by atoms with Crippen LogP contribution in [0.2, 0.25) is 0 Å². The maximum Gasteiger partial charge on any atom is 0.319 e. The highest BCUT2D eigenvalue weighted by Crippen LogP contribution is 2.08. The molecule has 0 aromatic heterocycles. The predicted molar refractivity (Wildman–Crippen MR) is 40.2 cm³/mol. The number of thioether (sulfide) groups is 1. The molecular formula is C5H11ClN2O2S. The van der Waals surface area contributed by atoms with Crippen molar-refractivity contribution in [3.8, 4) is 0 Å². The summed E-state index contributed by atoms with van der Waals surface area (Å²) in [5.41, 5.74) is 5.14. The Hall–Kier alpha value is -0.420. The Labute approximate surface area is 75.8 Å². The van der Waals surface area contributed by atoms with Gasteiger partial charge in [0.25, 0.3) is 0 Å². The van der Waals surface area contributed by atoms with E-state index < -0.39 is 0 Å². The normalized spacial score (nSPS) is 11.1. The second-order valence-corrected chi connectivity index (χ2v) is 3.10. The molecule has 6 heteroatoms. The number of halogens is 1. The zero-order valence-corrected chi connectivity index (χ0v) is 7.91. The maximum absolute atomic E-state index is 10.7. The third kappa shape index (κ3) is 6.00. The van der Waals surface area contributed by atoms with E-state index in [1.807, 2.05) is 0 Å². The molecule has 0 aromatic rings. The van der Waals surface area contributed by atoms with Gasteiger partial charge in [-0.3, -0.25) is 15.9 Å². The van der Waals surface area contributed by atoms with Gasteiger partial charge in [-0.25, -0.2) is 0 Å². The summed E-state index contributed by atoms with van der Waals surface area (Å²) >= 11 is 1.08. The first kappa shape index (κ1) is 13.2. The Bertz CT molecular complexity index is 153. The lowest BCUT2D eigenvalue weighted by Crippen LogP contribution is -3.00. The molecule has 66 valence electrons. The third-order valence-electron chi connectivity index (χ3n) is 0.846. The van der Waals surface area contributed by atoms with Gasteiger partial charge in [-0.05, 0) is 18.7 Å². The molecule has 0 rings (SSSR count). The van der Waals surface area contributed by atoms with Crippen LogP contribution in [0.25, 0.3) is 0 Å². The van der Waals surface area contributed by atoms with Crippen molar-refractivity contribution in [3.63, 3.8) is 0 Å². The van der Waals surface area contributed by atoms with Gasteiger partial charge >= 0.3 is 11.1 Å². The fraction of sp³-hybridized carbons (Fsp3) is 0.600. The number of carbonyl (C=O) groups is 1. The number of esters is 1.